The number of nitrogens with one attached hydrogen (secondary N) is 1. The van der Waals surface area contributed by atoms with Crippen molar-refractivity contribution in [3.8, 4) is 0 Å². The van der Waals surface area contributed by atoms with Gasteiger partial charge in [-0.2, -0.15) is 5.10 Å². The molecule has 0 saturated carbocycles. The second-order valence-corrected chi connectivity index (χ2v) is 5.52. The normalized spacial score (nSPS) is 10.7. The zero-order chi connectivity index (χ0) is 15.9. The molecule has 1 amide bonds. The Bertz CT molecular complexity index is 649. The van der Waals surface area contributed by atoms with Crippen LogP contribution in [0.3, 0.4) is 0 Å². The minimum atomic E-state index is -0.163. The maximum atomic E-state index is 11.8. The van der Waals surface area contributed by atoms with Crippen molar-refractivity contribution in [1.82, 2.24) is 5.43 Å². The number of carbonyl (C=O) groups is 1. The van der Waals surface area contributed by atoms with E-state index in [1.54, 1.807) is 18.3 Å². The summed E-state index contributed by atoms with van der Waals surface area (Å²) in [6.45, 7) is 0. The van der Waals surface area contributed by atoms with Crippen LogP contribution in [-0.4, -0.2) is 26.2 Å². The Labute approximate surface area is 135 Å². The zero-order valence-electron chi connectivity index (χ0n) is 12.6. The number of amides is 1. The highest BCUT2D eigenvalue weighted by Crippen LogP contribution is 2.11. The molecule has 0 aliphatic rings. The van der Waals surface area contributed by atoms with Crippen LogP contribution in [0.1, 0.15) is 11.1 Å². The molecule has 4 nitrogen and oxygen atoms in total. The van der Waals surface area contributed by atoms with Gasteiger partial charge in [-0.25, -0.2) is 5.43 Å². The third-order valence-electron chi connectivity index (χ3n) is 3.09. The zero-order valence-corrected chi connectivity index (χ0v) is 13.3. The molecule has 0 bridgehead atoms. The maximum Gasteiger partial charge on any atom is 0.244 e. The lowest BCUT2D eigenvalue weighted by Gasteiger charge is -2.11. The summed E-state index contributed by atoms with van der Waals surface area (Å²) < 4.78 is 0. The molecule has 1 N–H and O–H groups in total. The van der Waals surface area contributed by atoms with Crippen LogP contribution in [0.5, 0.6) is 0 Å². The minimum absolute atomic E-state index is 0.163. The highest BCUT2D eigenvalue weighted by molar-refractivity contribution is 6.30. The molecule has 0 spiro atoms. The van der Waals surface area contributed by atoms with E-state index < -0.39 is 0 Å². The van der Waals surface area contributed by atoms with Crippen LogP contribution in [0.4, 0.5) is 5.69 Å². The molecule has 0 fully saturated rings. The summed E-state index contributed by atoms with van der Waals surface area (Å²) in [6, 6.07) is 15.1. The van der Waals surface area contributed by atoms with Crippen LogP contribution in [0.25, 0.3) is 0 Å². The lowest BCUT2D eigenvalue weighted by molar-refractivity contribution is -0.120. The molecule has 5 heteroatoms. The van der Waals surface area contributed by atoms with Crippen molar-refractivity contribution < 1.29 is 4.79 Å². The van der Waals surface area contributed by atoms with Gasteiger partial charge in [0, 0.05) is 24.8 Å². The molecule has 0 atom stereocenters. The van der Waals surface area contributed by atoms with E-state index in [1.165, 1.54) is 0 Å². The van der Waals surface area contributed by atoms with E-state index in [0.717, 1.165) is 16.8 Å². The van der Waals surface area contributed by atoms with E-state index in [-0.39, 0.29) is 12.3 Å². The average molecular weight is 316 g/mol. The molecule has 2 aromatic rings. The molecule has 2 rings (SSSR count). The summed E-state index contributed by atoms with van der Waals surface area (Å²) >= 11 is 5.80. The van der Waals surface area contributed by atoms with Crippen LogP contribution in [0.15, 0.2) is 53.6 Å². The van der Waals surface area contributed by atoms with Gasteiger partial charge in [0.2, 0.25) is 5.91 Å². The van der Waals surface area contributed by atoms with Gasteiger partial charge in [0.1, 0.15) is 0 Å². The first-order valence-electron chi connectivity index (χ1n) is 6.88. The van der Waals surface area contributed by atoms with Crippen molar-refractivity contribution in [2.24, 2.45) is 5.10 Å². The lowest BCUT2D eigenvalue weighted by atomic mass is 10.1. The van der Waals surface area contributed by atoms with Crippen molar-refractivity contribution in [2.45, 2.75) is 6.42 Å². The third-order valence-corrected chi connectivity index (χ3v) is 3.34. The predicted molar refractivity (Wildman–Crippen MR) is 91.7 cm³/mol. The van der Waals surface area contributed by atoms with Crippen LogP contribution < -0.4 is 10.3 Å². The van der Waals surface area contributed by atoms with Gasteiger partial charge in [0.15, 0.2) is 0 Å². The fourth-order valence-corrected chi connectivity index (χ4v) is 1.99. The van der Waals surface area contributed by atoms with Crippen molar-refractivity contribution in [2.75, 3.05) is 19.0 Å². The first-order chi connectivity index (χ1) is 10.5. The summed E-state index contributed by atoms with van der Waals surface area (Å²) in [5, 5.41) is 4.62. The largest absolute Gasteiger partial charge is 0.378 e. The number of carbonyl (C=O) groups excluding carboxylic acids is 1. The fourth-order valence-electron chi connectivity index (χ4n) is 1.86. The summed E-state index contributed by atoms with van der Waals surface area (Å²) in [6.07, 6.45) is 1.90. The molecule has 0 radical (unpaired) electrons. The summed E-state index contributed by atoms with van der Waals surface area (Å²) in [5.41, 5.74) is 5.46. The maximum absolute atomic E-state index is 11.8. The Morgan fingerprint density at radius 3 is 2.36 bits per heavy atom. The second kappa shape index (κ2) is 7.61. The van der Waals surface area contributed by atoms with Crippen LogP contribution >= 0.6 is 11.6 Å². The van der Waals surface area contributed by atoms with Crippen LogP contribution in [0.2, 0.25) is 5.02 Å². The molecule has 0 saturated heterocycles. The smallest absolute Gasteiger partial charge is 0.244 e. The Hall–Kier alpha value is -2.33. The Balaban J connectivity index is 1.86. The van der Waals surface area contributed by atoms with Gasteiger partial charge in [-0.05, 0) is 35.4 Å². The number of hydrogen-bond acceptors (Lipinski definition) is 3. The number of anilines is 1. The number of hydrogen-bond donors (Lipinski definition) is 1. The third kappa shape index (κ3) is 4.90. The minimum Gasteiger partial charge on any atom is -0.378 e. The quantitative estimate of drug-likeness (QED) is 0.680. The molecule has 0 aliphatic heterocycles. The molecule has 0 unspecified atom stereocenters. The molecule has 0 aromatic heterocycles. The molecule has 0 aliphatic carbocycles. The van der Waals surface area contributed by atoms with E-state index >= 15 is 0 Å². The van der Waals surface area contributed by atoms with Crippen molar-refractivity contribution in [3.63, 3.8) is 0 Å². The van der Waals surface area contributed by atoms with E-state index in [4.69, 9.17) is 11.6 Å². The van der Waals surface area contributed by atoms with Gasteiger partial charge in [0.05, 0.1) is 12.6 Å². The van der Waals surface area contributed by atoms with Crippen molar-refractivity contribution >= 4 is 29.4 Å². The Kier molecular flexibility index (Phi) is 5.55. The monoisotopic (exact) mass is 315 g/mol. The number of nitrogens with zero attached hydrogens (tertiary/aromatic N) is 2. The topological polar surface area (TPSA) is 44.7 Å². The predicted octanol–water partition coefficient (Wildman–Crippen LogP) is 3.10. The Morgan fingerprint density at radius 1 is 1.14 bits per heavy atom. The molecule has 0 heterocycles. The first kappa shape index (κ1) is 16.0. The van der Waals surface area contributed by atoms with Crippen molar-refractivity contribution in [3.05, 3.63) is 64.7 Å². The second-order valence-electron chi connectivity index (χ2n) is 5.08. The van der Waals surface area contributed by atoms with Gasteiger partial charge in [0.25, 0.3) is 0 Å². The first-order valence-corrected chi connectivity index (χ1v) is 7.26. The highest BCUT2D eigenvalue weighted by atomic mass is 35.5. The molecular weight excluding hydrogens is 298 g/mol. The lowest BCUT2D eigenvalue weighted by Crippen LogP contribution is -2.19. The van der Waals surface area contributed by atoms with E-state index in [2.05, 4.69) is 10.5 Å². The molecule has 22 heavy (non-hydrogen) atoms. The summed E-state index contributed by atoms with van der Waals surface area (Å²) in [5.74, 6) is -0.163. The van der Waals surface area contributed by atoms with E-state index in [9.17, 15) is 4.79 Å². The van der Waals surface area contributed by atoms with Gasteiger partial charge in [-0.15, -0.1) is 0 Å². The van der Waals surface area contributed by atoms with Gasteiger partial charge in [-0.1, -0.05) is 35.9 Å². The Morgan fingerprint density at radius 2 is 1.77 bits per heavy atom. The number of rotatable bonds is 5. The highest BCUT2D eigenvalue weighted by Gasteiger charge is 2.01. The van der Waals surface area contributed by atoms with E-state index in [0.29, 0.717) is 5.02 Å². The van der Waals surface area contributed by atoms with Gasteiger partial charge >= 0.3 is 0 Å². The van der Waals surface area contributed by atoms with Gasteiger partial charge < -0.3 is 4.90 Å². The van der Waals surface area contributed by atoms with Crippen LogP contribution in [-0.2, 0) is 11.2 Å². The average Bonchev–Trinajstić information content (AvgIpc) is 2.50. The fraction of sp³-hybridized carbons (Fsp3) is 0.176. The standard InChI is InChI=1S/C17H18ClN3O/c1-21(2)16-9-5-14(6-10-16)12-19-20-17(22)11-13-3-7-15(18)8-4-13/h3-10,12H,11H2,1-2H3,(H,20,22). The number of hydrazone groups is 1. The summed E-state index contributed by atoms with van der Waals surface area (Å²) in [7, 11) is 3.97. The molecule has 114 valence electrons. The van der Waals surface area contributed by atoms with E-state index in [1.807, 2.05) is 55.4 Å². The number of halogens is 1. The van der Waals surface area contributed by atoms with Crippen molar-refractivity contribution in [1.29, 1.82) is 0 Å². The summed E-state index contributed by atoms with van der Waals surface area (Å²) in [4.78, 5) is 13.8. The number of benzene rings is 2. The SMILES string of the molecule is CN(C)c1ccc(C=NNC(=O)Cc2ccc(Cl)cc2)cc1. The van der Waals surface area contributed by atoms with Gasteiger partial charge in [-0.3, -0.25) is 4.79 Å². The molecule has 2 aromatic carbocycles. The molecular formula is C17H18ClN3O. The van der Waals surface area contributed by atoms with Crippen LogP contribution in [0, 0.1) is 0 Å².